The standard InChI is InChI=1S/C15H9ClN2O5/c1-8-2-4-10(22-8)7-13-15(19)23-14(17-13)11-6-9(18(20)21)3-5-12(11)16/h2-7H,1H3/b13-7-. The van der Waals surface area contributed by atoms with Crippen LogP contribution in [0.3, 0.4) is 0 Å². The summed E-state index contributed by atoms with van der Waals surface area (Å²) < 4.78 is 10.4. The topological polar surface area (TPSA) is 94.9 Å². The maximum absolute atomic E-state index is 11.9. The molecule has 1 aromatic carbocycles. The lowest BCUT2D eigenvalue weighted by molar-refractivity contribution is -0.384. The molecule has 0 fully saturated rings. The summed E-state index contributed by atoms with van der Waals surface area (Å²) in [6, 6.07) is 7.24. The highest BCUT2D eigenvalue weighted by Crippen LogP contribution is 2.27. The Morgan fingerprint density at radius 3 is 2.74 bits per heavy atom. The van der Waals surface area contributed by atoms with Gasteiger partial charge in [0.15, 0.2) is 5.70 Å². The van der Waals surface area contributed by atoms with Crippen LogP contribution in [0.4, 0.5) is 5.69 Å². The molecule has 116 valence electrons. The van der Waals surface area contributed by atoms with E-state index < -0.39 is 10.9 Å². The number of carbonyl (C=O) groups excluding carboxylic acids is 1. The van der Waals surface area contributed by atoms with E-state index in [4.69, 9.17) is 20.8 Å². The molecule has 0 saturated carbocycles. The largest absolute Gasteiger partial charge is 0.462 e. The van der Waals surface area contributed by atoms with Gasteiger partial charge in [0.05, 0.1) is 15.5 Å². The first kappa shape index (κ1) is 15.0. The highest BCUT2D eigenvalue weighted by atomic mass is 35.5. The molecule has 0 unspecified atom stereocenters. The molecule has 0 saturated heterocycles. The zero-order chi connectivity index (χ0) is 16.6. The fraction of sp³-hybridized carbons (Fsp3) is 0.0667. The number of benzene rings is 1. The first-order chi connectivity index (χ1) is 10.9. The Balaban J connectivity index is 2.00. The quantitative estimate of drug-likeness (QED) is 0.371. The first-order valence-corrected chi connectivity index (χ1v) is 6.85. The van der Waals surface area contributed by atoms with Crippen molar-refractivity contribution in [1.29, 1.82) is 0 Å². The third-order valence-electron chi connectivity index (χ3n) is 3.05. The van der Waals surface area contributed by atoms with Gasteiger partial charge in [-0.05, 0) is 25.1 Å². The van der Waals surface area contributed by atoms with Crippen molar-refractivity contribution >= 4 is 35.2 Å². The van der Waals surface area contributed by atoms with Gasteiger partial charge >= 0.3 is 5.97 Å². The zero-order valence-electron chi connectivity index (χ0n) is 11.8. The fourth-order valence-electron chi connectivity index (χ4n) is 1.98. The molecule has 7 nitrogen and oxygen atoms in total. The van der Waals surface area contributed by atoms with E-state index >= 15 is 0 Å². The average molecular weight is 333 g/mol. The Hall–Kier alpha value is -2.93. The zero-order valence-corrected chi connectivity index (χ0v) is 12.5. The Morgan fingerprint density at radius 2 is 2.09 bits per heavy atom. The van der Waals surface area contributed by atoms with Crippen molar-refractivity contribution in [2.24, 2.45) is 4.99 Å². The number of non-ortho nitro benzene ring substituents is 1. The summed E-state index contributed by atoms with van der Waals surface area (Å²) in [5, 5.41) is 11.0. The first-order valence-electron chi connectivity index (χ1n) is 6.47. The number of furan rings is 1. The number of hydrogen-bond acceptors (Lipinski definition) is 6. The van der Waals surface area contributed by atoms with Crippen molar-refractivity contribution in [2.45, 2.75) is 6.92 Å². The number of cyclic esters (lactones) is 1. The van der Waals surface area contributed by atoms with Gasteiger partial charge in [0, 0.05) is 18.2 Å². The lowest BCUT2D eigenvalue weighted by Crippen LogP contribution is -2.06. The Bertz CT molecular complexity index is 882. The van der Waals surface area contributed by atoms with Gasteiger partial charge in [-0.3, -0.25) is 10.1 Å². The number of halogens is 1. The molecule has 0 spiro atoms. The van der Waals surface area contributed by atoms with Gasteiger partial charge in [0.2, 0.25) is 5.90 Å². The van der Waals surface area contributed by atoms with Crippen molar-refractivity contribution in [3.8, 4) is 0 Å². The number of nitro groups is 1. The second-order valence-corrected chi connectivity index (χ2v) is 5.11. The number of ether oxygens (including phenoxy) is 1. The normalized spacial score (nSPS) is 15.7. The molecule has 0 aliphatic carbocycles. The van der Waals surface area contributed by atoms with Crippen molar-refractivity contribution in [3.63, 3.8) is 0 Å². The van der Waals surface area contributed by atoms with Crippen molar-refractivity contribution in [2.75, 3.05) is 0 Å². The monoisotopic (exact) mass is 332 g/mol. The van der Waals surface area contributed by atoms with E-state index in [2.05, 4.69) is 4.99 Å². The number of aryl methyl sites for hydroxylation is 1. The molecule has 0 N–H and O–H groups in total. The van der Waals surface area contributed by atoms with Crippen LogP contribution in [-0.4, -0.2) is 16.8 Å². The number of rotatable bonds is 3. The molecule has 23 heavy (non-hydrogen) atoms. The average Bonchev–Trinajstić information content (AvgIpc) is 3.06. The smallest absolute Gasteiger partial charge is 0.363 e. The van der Waals surface area contributed by atoms with Crippen molar-refractivity contribution < 1.29 is 18.9 Å². The van der Waals surface area contributed by atoms with E-state index in [1.165, 1.54) is 24.3 Å². The van der Waals surface area contributed by atoms with Gasteiger partial charge in [0.1, 0.15) is 11.5 Å². The van der Waals surface area contributed by atoms with Crippen LogP contribution >= 0.6 is 11.6 Å². The van der Waals surface area contributed by atoms with Gasteiger partial charge in [-0.25, -0.2) is 9.79 Å². The van der Waals surface area contributed by atoms with E-state index in [0.29, 0.717) is 11.5 Å². The van der Waals surface area contributed by atoms with E-state index in [1.54, 1.807) is 19.1 Å². The van der Waals surface area contributed by atoms with Crippen molar-refractivity contribution in [3.05, 3.63) is 68.2 Å². The summed E-state index contributed by atoms with van der Waals surface area (Å²) in [7, 11) is 0. The van der Waals surface area contributed by atoms with Crippen LogP contribution in [0.25, 0.3) is 6.08 Å². The Morgan fingerprint density at radius 1 is 1.30 bits per heavy atom. The molecule has 1 aliphatic heterocycles. The minimum absolute atomic E-state index is 0.0249. The summed E-state index contributed by atoms with van der Waals surface area (Å²) in [6.07, 6.45) is 1.42. The molecule has 8 heteroatoms. The second kappa shape index (κ2) is 5.69. The number of nitrogens with zero attached hydrogens (tertiary/aromatic N) is 2. The molecule has 0 radical (unpaired) electrons. The van der Waals surface area contributed by atoms with E-state index in [9.17, 15) is 14.9 Å². The van der Waals surface area contributed by atoms with Crippen LogP contribution in [-0.2, 0) is 9.53 Å². The minimum atomic E-state index is -0.684. The number of aliphatic imine (C=N–C) groups is 1. The highest BCUT2D eigenvalue weighted by molar-refractivity contribution is 6.34. The van der Waals surface area contributed by atoms with Crippen LogP contribution in [0.15, 0.2) is 45.4 Å². The summed E-state index contributed by atoms with van der Waals surface area (Å²) in [5.74, 6) is 0.369. The predicted octanol–water partition coefficient (Wildman–Crippen LogP) is 3.49. The SMILES string of the molecule is Cc1ccc(/C=C2\N=C(c3cc([N+](=O)[O-])ccc3Cl)OC2=O)o1. The van der Waals surface area contributed by atoms with Gasteiger partial charge in [-0.2, -0.15) is 0 Å². The van der Waals surface area contributed by atoms with Crippen LogP contribution in [0, 0.1) is 17.0 Å². The van der Waals surface area contributed by atoms with Gasteiger partial charge in [-0.15, -0.1) is 0 Å². The van der Waals surface area contributed by atoms with Crippen LogP contribution < -0.4 is 0 Å². The number of esters is 1. The van der Waals surface area contributed by atoms with E-state index in [0.717, 1.165) is 0 Å². The molecule has 2 aromatic rings. The molecule has 1 aromatic heterocycles. The fourth-order valence-corrected chi connectivity index (χ4v) is 2.18. The van der Waals surface area contributed by atoms with Crippen LogP contribution in [0.2, 0.25) is 5.02 Å². The summed E-state index contributed by atoms with van der Waals surface area (Å²) in [6.45, 7) is 1.77. The molecule has 0 bridgehead atoms. The van der Waals surface area contributed by atoms with E-state index in [-0.39, 0.29) is 27.9 Å². The van der Waals surface area contributed by atoms with Gasteiger partial charge < -0.3 is 9.15 Å². The van der Waals surface area contributed by atoms with Crippen LogP contribution in [0.5, 0.6) is 0 Å². The lowest BCUT2D eigenvalue weighted by atomic mass is 10.2. The van der Waals surface area contributed by atoms with Gasteiger partial charge in [-0.1, -0.05) is 11.6 Å². The molecule has 0 atom stereocenters. The van der Waals surface area contributed by atoms with Crippen molar-refractivity contribution in [1.82, 2.24) is 0 Å². The molecule has 0 amide bonds. The molecule has 2 heterocycles. The molecular formula is C15H9ClN2O5. The third kappa shape index (κ3) is 3.00. The summed E-state index contributed by atoms with van der Waals surface area (Å²) in [4.78, 5) is 26.2. The molecule has 3 rings (SSSR count). The summed E-state index contributed by atoms with van der Waals surface area (Å²) in [5.41, 5.74) is 0.0207. The lowest BCUT2D eigenvalue weighted by Gasteiger charge is -2.02. The number of carbonyl (C=O) groups is 1. The number of hydrogen-bond donors (Lipinski definition) is 0. The second-order valence-electron chi connectivity index (χ2n) is 4.71. The number of nitro benzene ring substituents is 1. The minimum Gasteiger partial charge on any atom is -0.462 e. The van der Waals surface area contributed by atoms with Crippen LogP contribution in [0.1, 0.15) is 17.1 Å². The predicted molar refractivity (Wildman–Crippen MR) is 82.2 cm³/mol. The van der Waals surface area contributed by atoms with Gasteiger partial charge in [0.25, 0.3) is 5.69 Å². The molecule has 1 aliphatic rings. The Kier molecular flexibility index (Phi) is 3.71. The maximum atomic E-state index is 11.9. The Labute approximate surface area is 135 Å². The maximum Gasteiger partial charge on any atom is 0.363 e. The molecular weight excluding hydrogens is 324 g/mol. The van der Waals surface area contributed by atoms with E-state index in [1.807, 2.05) is 0 Å². The third-order valence-corrected chi connectivity index (χ3v) is 3.38. The summed E-state index contributed by atoms with van der Waals surface area (Å²) >= 11 is 6.01. The highest BCUT2D eigenvalue weighted by Gasteiger charge is 2.27.